The highest BCUT2D eigenvalue weighted by atomic mass is 32.1. The van der Waals surface area contributed by atoms with Crippen molar-refractivity contribution in [2.75, 3.05) is 44.7 Å². The molecule has 6 nitrogen and oxygen atoms in total. The van der Waals surface area contributed by atoms with Gasteiger partial charge in [-0.2, -0.15) is 0 Å². The maximum atomic E-state index is 13.0. The second-order valence-electron chi connectivity index (χ2n) is 7.20. The molecule has 0 bridgehead atoms. The van der Waals surface area contributed by atoms with Gasteiger partial charge in [0, 0.05) is 30.2 Å². The number of hydrogen-bond acceptors (Lipinski definition) is 6. The van der Waals surface area contributed by atoms with E-state index in [9.17, 15) is 4.79 Å². The quantitative estimate of drug-likeness (QED) is 0.602. The molecule has 1 saturated heterocycles. The molecule has 0 saturated carbocycles. The van der Waals surface area contributed by atoms with Crippen molar-refractivity contribution in [3.05, 3.63) is 58.2 Å². The average Bonchev–Trinajstić information content (AvgIpc) is 3.03. The van der Waals surface area contributed by atoms with Gasteiger partial charge in [0.2, 0.25) is 0 Å². The molecule has 152 valence electrons. The van der Waals surface area contributed by atoms with Crippen LogP contribution in [-0.2, 0) is 4.74 Å². The molecule has 1 fully saturated rings. The fourth-order valence-corrected chi connectivity index (χ4v) is 4.47. The molecule has 3 aromatic rings. The van der Waals surface area contributed by atoms with Crippen LogP contribution < -0.4 is 10.5 Å². The Labute approximate surface area is 174 Å². The molecule has 1 aromatic carbocycles. The molecular weight excluding hydrogens is 384 g/mol. The van der Waals surface area contributed by atoms with Gasteiger partial charge in [-0.15, -0.1) is 11.3 Å². The average molecular weight is 411 g/mol. The lowest BCUT2D eigenvalue weighted by Crippen LogP contribution is -2.28. The Bertz CT molecular complexity index is 1050. The molecule has 3 heterocycles. The van der Waals surface area contributed by atoms with Crippen LogP contribution in [0, 0.1) is 0 Å². The zero-order valence-corrected chi connectivity index (χ0v) is 17.7. The third-order valence-electron chi connectivity index (χ3n) is 5.16. The maximum Gasteiger partial charge on any atom is 0.275 e. The molecule has 0 aliphatic carbocycles. The van der Waals surface area contributed by atoms with E-state index in [1.54, 1.807) is 17.2 Å². The van der Waals surface area contributed by atoms with Gasteiger partial charge in [0.15, 0.2) is 0 Å². The van der Waals surface area contributed by atoms with E-state index in [1.807, 2.05) is 31.2 Å². The number of benzene rings is 1. The van der Waals surface area contributed by atoms with E-state index in [0.29, 0.717) is 11.3 Å². The molecule has 0 spiro atoms. The van der Waals surface area contributed by atoms with E-state index in [-0.39, 0.29) is 5.56 Å². The lowest BCUT2D eigenvalue weighted by Gasteiger charge is -2.23. The lowest BCUT2D eigenvalue weighted by atomic mass is 10.2. The van der Waals surface area contributed by atoms with Crippen LogP contribution in [0.25, 0.3) is 22.0 Å². The summed E-state index contributed by atoms with van der Waals surface area (Å²) >= 11 is 1.44. The van der Waals surface area contributed by atoms with Crippen molar-refractivity contribution >= 4 is 33.3 Å². The molecular formula is C22H26N4O2S. The summed E-state index contributed by atoms with van der Waals surface area (Å²) in [6, 6.07) is 10.1. The molecule has 0 atom stereocenters. The van der Waals surface area contributed by atoms with E-state index in [1.165, 1.54) is 17.0 Å². The van der Waals surface area contributed by atoms with Crippen LogP contribution >= 0.6 is 11.3 Å². The topological polar surface area (TPSA) is 50.6 Å². The van der Waals surface area contributed by atoms with E-state index >= 15 is 0 Å². The predicted molar refractivity (Wildman–Crippen MR) is 120 cm³/mol. The standard InChI is InChI=1S/C22H26N4O2S/c1-3-28-14-9-19-15-20-21(29-19)22(27)26(16-23-20)18-7-5-17(6-8-18)25-11-4-10-24(2)12-13-25/h5-9,14-16H,3-4,10-13H2,1-2H3. The molecule has 0 amide bonds. The van der Waals surface area contributed by atoms with Gasteiger partial charge < -0.3 is 14.5 Å². The summed E-state index contributed by atoms with van der Waals surface area (Å²) in [5, 5.41) is 0. The van der Waals surface area contributed by atoms with E-state index < -0.39 is 0 Å². The third-order valence-corrected chi connectivity index (χ3v) is 6.24. The predicted octanol–water partition coefficient (Wildman–Crippen LogP) is 3.60. The summed E-state index contributed by atoms with van der Waals surface area (Å²) in [5.41, 5.74) is 2.71. The SMILES string of the molecule is CCOC=Cc1cc2ncn(-c3ccc(N4CCCN(C)CC4)cc3)c(=O)c2s1. The number of ether oxygens (including phenoxy) is 1. The summed E-state index contributed by atoms with van der Waals surface area (Å²) < 4.78 is 7.52. The molecule has 1 aliphatic heterocycles. The second-order valence-corrected chi connectivity index (χ2v) is 8.29. The van der Waals surface area contributed by atoms with Crippen molar-refractivity contribution in [2.45, 2.75) is 13.3 Å². The van der Waals surface area contributed by atoms with Gasteiger partial charge in [0.25, 0.3) is 5.56 Å². The van der Waals surface area contributed by atoms with Crippen LogP contribution in [0.4, 0.5) is 5.69 Å². The van der Waals surface area contributed by atoms with Crippen molar-refractivity contribution in [1.29, 1.82) is 0 Å². The minimum Gasteiger partial charge on any atom is -0.501 e. The number of rotatable bonds is 5. The number of aromatic nitrogens is 2. The molecule has 0 N–H and O–H groups in total. The van der Waals surface area contributed by atoms with Gasteiger partial charge in [0.1, 0.15) is 11.0 Å². The molecule has 1 aliphatic rings. The Morgan fingerprint density at radius 1 is 1.14 bits per heavy atom. The van der Waals surface area contributed by atoms with Crippen LogP contribution in [0.3, 0.4) is 0 Å². The van der Waals surface area contributed by atoms with Crippen LogP contribution in [0.1, 0.15) is 18.2 Å². The molecule has 29 heavy (non-hydrogen) atoms. The Kier molecular flexibility index (Phi) is 5.97. The third kappa shape index (κ3) is 4.36. The summed E-state index contributed by atoms with van der Waals surface area (Å²) in [6.07, 6.45) is 6.30. The van der Waals surface area contributed by atoms with E-state index in [0.717, 1.165) is 48.7 Å². The summed E-state index contributed by atoms with van der Waals surface area (Å²) in [7, 11) is 2.17. The van der Waals surface area contributed by atoms with Gasteiger partial charge in [-0.25, -0.2) is 4.98 Å². The van der Waals surface area contributed by atoms with Crippen molar-refractivity contribution < 1.29 is 4.74 Å². The van der Waals surface area contributed by atoms with Gasteiger partial charge in [0.05, 0.1) is 24.1 Å². The Morgan fingerprint density at radius 2 is 1.93 bits per heavy atom. The van der Waals surface area contributed by atoms with Crippen molar-refractivity contribution in [3.63, 3.8) is 0 Å². The first kappa shape index (κ1) is 19.7. The molecule has 0 radical (unpaired) electrons. The Morgan fingerprint density at radius 3 is 2.72 bits per heavy atom. The summed E-state index contributed by atoms with van der Waals surface area (Å²) in [4.78, 5) is 23.2. The first-order valence-electron chi connectivity index (χ1n) is 9.99. The fraction of sp³-hybridized carbons (Fsp3) is 0.364. The molecule has 4 rings (SSSR count). The van der Waals surface area contributed by atoms with Crippen LogP contribution in [0.5, 0.6) is 0 Å². The number of hydrogen-bond donors (Lipinski definition) is 0. The van der Waals surface area contributed by atoms with Gasteiger partial charge in [-0.1, -0.05) is 0 Å². The smallest absolute Gasteiger partial charge is 0.275 e. The van der Waals surface area contributed by atoms with Gasteiger partial charge >= 0.3 is 0 Å². The Hall–Kier alpha value is -2.64. The minimum atomic E-state index is -0.0415. The molecule has 2 aromatic heterocycles. The minimum absolute atomic E-state index is 0.0415. The number of anilines is 1. The van der Waals surface area contributed by atoms with Crippen LogP contribution in [0.2, 0.25) is 0 Å². The number of likely N-dealkylation sites (N-methyl/N-ethyl adjacent to an activating group) is 1. The van der Waals surface area contributed by atoms with Crippen LogP contribution in [-0.4, -0.2) is 54.3 Å². The monoisotopic (exact) mass is 410 g/mol. The number of nitrogens with zero attached hydrogens (tertiary/aromatic N) is 4. The van der Waals surface area contributed by atoms with Crippen molar-refractivity contribution in [3.8, 4) is 5.69 Å². The summed E-state index contributed by atoms with van der Waals surface area (Å²) in [5.74, 6) is 0. The largest absolute Gasteiger partial charge is 0.501 e. The second kappa shape index (κ2) is 8.80. The first-order chi connectivity index (χ1) is 14.2. The van der Waals surface area contributed by atoms with Gasteiger partial charge in [-0.3, -0.25) is 9.36 Å². The normalized spacial score (nSPS) is 15.9. The molecule has 0 unspecified atom stereocenters. The highest BCUT2D eigenvalue weighted by Gasteiger charge is 2.13. The number of thiophene rings is 1. The van der Waals surface area contributed by atoms with Crippen molar-refractivity contribution in [2.24, 2.45) is 0 Å². The van der Waals surface area contributed by atoms with Gasteiger partial charge in [-0.05, 0) is 63.3 Å². The maximum absolute atomic E-state index is 13.0. The van der Waals surface area contributed by atoms with Crippen LogP contribution in [0.15, 0.2) is 47.7 Å². The zero-order chi connectivity index (χ0) is 20.2. The first-order valence-corrected chi connectivity index (χ1v) is 10.8. The van der Waals surface area contributed by atoms with Crippen molar-refractivity contribution in [1.82, 2.24) is 14.5 Å². The van der Waals surface area contributed by atoms with E-state index in [4.69, 9.17) is 4.74 Å². The lowest BCUT2D eigenvalue weighted by molar-refractivity contribution is 0.272. The highest BCUT2D eigenvalue weighted by molar-refractivity contribution is 7.19. The highest BCUT2D eigenvalue weighted by Crippen LogP contribution is 2.23. The Balaban J connectivity index is 1.59. The van der Waals surface area contributed by atoms with E-state index in [2.05, 4.69) is 34.0 Å². The summed E-state index contributed by atoms with van der Waals surface area (Å²) in [6.45, 7) is 6.85. The molecule has 7 heteroatoms. The number of fused-ring (bicyclic) bond motifs is 1. The zero-order valence-electron chi connectivity index (χ0n) is 16.9. The fourth-order valence-electron chi connectivity index (χ4n) is 3.54.